The maximum atomic E-state index is 13.0. The fraction of sp³-hybridized carbons (Fsp3) is 0.200. The van der Waals surface area contributed by atoms with Crippen LogP contribution in [0.25, 0.3) is 0 Å². The quantitative estimate of drug-likeness (QED) is 0.414. The molecule has 0 aliphatic carbocycles. The molecule has 11 heteroatoms. The number of halogens is 1. The Hall–Kier alpha value is -2.89. The molecule has 0 spiro atoms. The van der Waals surface area contributed by atoms with Gasteiger partial charge in [-0.2, -0.15) is 8.42 Å². The fourth-order valence-electron chi connectivity index (χ4n) is 2.62. The number of benzene rings is 2. The Morgan fingerprint density at radius 2 is 1.74 bits per heavy atom. The molecule has 31 heavy (non-hydrogen) atoms. The van der Waals surface area contributed by atoms with Crippen LogP contribution in [0.4, 0.5) is 11.6 Å². The zero-order valence-electron chi connectivity index (χ0n) is 16.9. The molecule has 1 aromatic heterocycles. The van der Waals surface area contributed by atoms with Crippen molar-refractivity contribution in [2.45, 2.75) is 6.54 Å². The van der Waals surface area contributed by atoms with Gasteiger partial charge in [0.2, 0.25) is 5.95 Å². The van der Waals surface area contributed by atoms with Crippen LogP contribution in [-0.4, -0.2) is 39.3 Å². The molecule has 1 heterocycles. The summed E-state index contributed by atoms with van der Waals surface area (Å²) in [6.07, 6.45) is 2.92. The first-order valence-electron chi connectivity index (χ1n) is 9.07. The zero-order valence-corrected chi connectivity index (χ0v) is 19.3. The van der Waals surface area contributed by atoms with Crippen LogP contribution in [0.1, 0.15) is 5.56 Å². The van der Waals surface area contributed by atoms with E-state index >= 15 is 0 Å². The Balaban J connectivity index is 1.77. The number of anilines is 2. The van der Waals surface area contributed by atoms with E-state index in [-0.39, 0.29) is 19.2 Å². The minimum Gasteiger partial charge on any atom is -0.497 e. The molecule has 0 atom stereocenters. The van der Waals surface area contributed by atoms with E-state index < -0.39 is 10.3 Å². The van der Waals surface area contributed by atoms with E-state index in [1.165, 1.54) is 19.5 Å². The normalized spacial score (nSPS) is 11.1. The first-order valence-corrected chi connectivity index (χ1v) is 11.2. The van der Waals surface area contributed by atoms with E-state index in [0.717, 1.165) is 8.78 Å². The Labute approximate surface area is 189 Å². The third kappa shape index (κ3) is 6.06. The topological polar surface area (TPSA) is 103 Å². The second-order valence-corrected chi connectivity index (χ2v) is 8.59. The predicted molar refractivity (Wildman–Crippen MR) is 120 cm³/mol. The summed E-state index contributed by atoms with van der Waals surface area (Å²) in [6.45, 7) is -0.329. The third-order valence-corrected chi connectivity index (χ3v) is 5.91. The van der Waals surface area contributed by atoms with Crippen LogP contribution in [0.5, 0.6) is 11.5 Å². The van der Waals surface area contributed by atoms with Gasteiger partial charge in [0.05, 0.1) is 26.5 Å². The fourth-order valence-corrected chi connectivity index (χ4v) is 3.90. The number of aromatic nitrogens is 2. The number of hydrogen-bond acceptors (Lipinski definition) is 8. The van der Waals surface area contributed by atoms with Crippen molar-refractivity contribution in [3.8, 4) is 11.5 Å². The van der Waals surface area contributed by atoms with Crippen molar-refractivity contribution in [1.82, 2.24) is 9.97 Å². The molecule has 0 unspecified atom stereocenters. The number of methoxy groups -OCH3 is 2. The summed E-state index contributed by atoms with van der Waals surface area (Å²) in [5.74, 6) is 1.20. The van der Waals surface area contributed by atoms with Gasteiger partial charge in [0.1, 0.15) is 18.2 Å². The van der Waals surface area contributed by atoms with Crippen LogP contribution in [0.3, 0.4) is 0 Å². The van der Waals surface area contributed by atoms with Crippen LogP contribution in [-0.2, 0) is 21.0 Å². The minimum absolute atomic E-state index is 0.000426. The standard InChI is InChI=1S/C20H21BrN4O5S/c1-28-17-7-4-15(5-8-17)13-25(20-22-10-3-11-23-20)31(26,27)30-14-24-18-9-6-16(21)12-19(18)29-2/h3-12,24H,13-14H2,1-2H3. The van der Waals surface area contributed by atoms with Gasteiger partial charge in [-0.25, -0.2) is 18.5 Å². The molecule has 0 radical (unpaired) electrons. The van der Waals surface area contributed by atoms with Gasteiger partial charge in [0.15, 0.2) is 0 Å². The SMILES string of the molecule is COc1ccc(CN(c2ncccn2)S(=O)(=O)OCNc2ccc(Br)cc2OC)cc1. The minimum atomic E-state index is -4.22. The van der Waals surface area contributed by atoms with Crippen LogP contribution in [0.2, 0.25) is 0 Å². The van der Waals surface area contributed by atoms with Gasteiger partial charge in [-0.1, -0.05) is 28.1 Å². The number of hydrogen-bond donors (Lipinski definition) is 1. The molecule has 0 amide bonds. The average molecular weight is 509 g/mol. The van der Waals surface area contributed by atoms with Gasteiger partial charge < -0.3 is 14.8 Å². The van der Waals surface area contributed by atoms with E-state index in [0.29, 0.717) is 22.7 Å². The van der Waals surface area contributed by atoms with Gasteiger partial charge >= 0.3 is 10.3 Å². The molecule has 3 rings (SSSR count). The maximum Gasteiger partial charge on any atom is 0.366 e. The summed E-state index contributed by atoms with van der Waals surface area (Å²) in [6, 6.07) is 13.9. The summed E-state index contributed by atoms with van der Waals surface area (Å²) in [5, 5.41) is 2.90. The summed E-state index contributed by atoms with van der Waals surface area (Å²) < 4.78 is 43.4. The first-order chi connectivity index (χ1) is 14.9. The first kappa shape index (κ1) is 22.8. The largest absolute Gasteiger partial charge is 0.497 e. The van der Waals surface area contributed by atoms with Gasteiger partial charge in [0, 0.05) is 16.9 Å². The van der Waals surface area contributed by atoms with E-state index in [1.807, 2.05) is 0 Å². The average Bonchev–Trinajstić information content (AvgIpc) is 2.79. The molecular weight excluding hydrogens is 488 g/mol. The molecule has 0 aliphatic rings. The second kappa shape index (κ2) is 10.4. The van der Waals surface area contributed by atoms with Crippen LogP contribution in [0.15, 0.2) is 65.4 Å². The molecule has 9 nitrogen and oxygen atoms in total. The number of ether oxygens (including phenoxy) is 2. The van der Waals surface area contributed by atoms with Crippen molar-refractivity contribution >= 4 is 37.9 Å². The second-order valence-electron chi connectivity index (χ2n) is 6.14. The van der Waals surface area contributed by atoms with E-state index in [2.05, 4.69) is 31.2 Å². The van der Waals surface area contributed by atoms with Crippen molar-refractivity contribution in [3.63, 3.8) is 0 Å². The summed E-state index contributed by atoms with van der Waals surface area (Å²) in [4.78, 5) is 8.13. The van der Waals surface area contributed by atoms with Gasteiger partial charge in [-0.3, -0.25) is 0 Å². The highest BCUT2D eigenvalue weighted by Gasteiger charge is 2.26. The van der Waals surface area contributed by atoms with Gasteiger partial charge in [-0.05, 0) is 42.0 Å². The van der Waals surface area contributed by atoms with Crippen LogP contribution < -0.4 is 19.1 Å². The van der Waals surface area contributed by atoms with E-state index in [1.54, 1.807) is 55.6 Å². The number of nitrogens with one attached hydrogen (secondary N) is 1. The summed E-state index contributed by atoms with van der Waals surface area (Å²) in [7, 11) is -1.14. The monoisotopic (exact) mass is 508 g/mol. The molecular formula is C20H21BrN4O5S. The lowest BCUT2D eigenvalue weighted by atomic mass is 10.2. The third-order valence-electron chi connectivity index (χ3n) is 4.16. The van der Waals surface area contributed by atoms with E-state index in [4.69, 9.17) is 13.7 Å². The molecule has 0 fully saturated rings. The van der Waals surface area contributed by atoms with Crippen LogP contribution >= 0.6 is 15.9 Å². The zero-order chi connectivity index (χ0) is 22.3. The smallest absolute Gasteiger partial charge is 0.366 e. The Kier molecular flexibility index (Phi) is 7.66. The Bertz CT molecular complexity index is 1100. The highest BCUT2D eigenvalue weighted by Crippen LogP contribution is 2.28. The van der Waals surface area contributed by atoms with Crippen LogP contribution in [0, 0.1) is 0 Å². The highest BCUT2D eigenvalue weighted by molar-refractivity contribution is 9.10. The molecule has 0 aliphatic heterocycles. The molecule has 0 bridgehead atoms. The maximum absolute atomic E-state index is 13.0. The number of rotatable bonds is 10. The predicted octanol–water partition coefficient (Wildman–Crippen LogP) is 3.59. The molecule has 0 saturated carbocycles. The summed E-state index contributed by atoms with van der Waals surface area (Å²) in [5.41, 5.74) is 1.29. The Morgan fingerprint density at radius 3 is 2.39 bits per heavy atom. The van der Waals surface area contributed by atoms with Gasteiger partial charge in [-0.15, -0.1) is 0 Å². The van der Waals surface area contributed by atoms with Gasteiger partial charge in [0.25, 0.3) is 0 Å². The lowest BCUT2D eigenvalue weighted by molar-refractivity contribution is 0.339. The molecule has 3 aromatic rings. The lowest BCUT2D eigenvalue weighted by Crippen LogP contribution is -2.34. The molecule has 0 saturated heterocycles. The number of nitrogens with zero attached hydrogens (tertiary/aromatic N) is 3. The van der Waals surface area contributed by atoms with Crippen molar-refractivity contribution < 1.29 is 22.1 Å². The Morgan fingerprint density at radius 1 is 1.03 bits per heavy atom. The molecule has 1 N–H and O–H groups in total. The van der Waals surface area contributed by atoms with E-state index in [9.17, 15) is 8.42 Å². The molecule has 2 aromatic carbocycles. The summed E-state index contributed by atoms with van der Waals surface area (Å²) >= 11 is 3.36. The van der Waals surface area contributed by atoms with Crippen molar-refractivity contribution in [2.24, 2.45) is 0 Å². The molecule has 164 valence electrons. The lowest BCUT2D eigenvalue weighted by Gasteiger charge is -2.22. The van der Waals surface area contributed by atoms with Crippen molar-refractivity contribution in [3.05, 3.63) is 71.0 Å². The van der Waals surface area contributed by atoms with Crippen molar-refractivity contribution in [2.75, 3.05) is 30.6 Å². The van der Waals surface area contributed by atoms with Crippen molar-refractivity contribution in [1.29, 1.82) is 0 Å². The highest BCUT2D eigenvalue weighted by atomic mass is 79.9.